The molecule has 0 aromatic carbocycles. The molecule has 0 spiro atoms. The summed E-state index contributed by atoms with van der Waals surface area (Å²) in [6.45, 7) is 2.29. The van der Waals surface area contributed by atoms with E-state index in [1.807, 2.05) is 0 Å². The number of nitrogens with zero attached hydrogens (tertiary/aromatic N) is 2. The van der Waals surface area contributed by atoms with Crippen LogP contribution >= 0.6 is 0 Å². The van der Waals surface area contributed by atoms with Gasteiger partial charge >= 0.3 is 6.18 Å². The third-order valence-corrected chi connectivity index (χ3v) is 4.85. The van der Waals surface area contributed by atoms with E-state index in [4.69, 9.17) is 4.74 Å². The smallest absolute Gasteiger partial charge is 0.422 e. The lowest BCUT2D eigenvalue weighted by molar-refractivity contribution is -0.154. The Morgan fingerprint density at radius 3 is 2.61 bits per heavy atom. The maximum absolute atomic E-state index is 12.6. The molecule has 0 radical (unpaired) electrons. The van der Waals surface area contributed by atoms with Crippen LogP contribution in [0, 0.1) is 12.8 Å². The highest BCUT2D eigenvalue weighted by Gasteiger charge is 2.30. The van der Waals surface area contributed by atoms with Crippen molar-refractivity contribution in [2.45, 2.75) is 52.3 Å². The molecule has 2 aromatic rings. The van der Waals surface area contributed by atoms with Crippen LogP contribution in [0.1, 0.15) is 52.6 Å². The summed E-state index contributed by atoms with van der Waals surface area (Å²) in [6.07, 6.45) is -0.565. The predicted molar refractivity (Wildman–Crippen MR) is 107 cm³/mol. The van der Waals surface area contributed by atoms with Crippen LogP contribution in [0.3, 0.4) is 0 Å². The second-order valence-electron chi connectivity index (χ2n) is 7.65. The van der Waals surface area contributed by atoms with Gasteiger partial charge in [-0.3, -0.25) is 14.6 Å². The fourth-order valence-electron chi connectivity index (χ4n) is 3.15. The molecular weight excluding hydrogens is 411 g/mol. The Morgan fingerprint density at radius 2 is 1.97 bits per heavy atom. The van der Waals surface area contributed by atoms with Crippen LogP contribution in [0.4, 0.5) is 13.2 Å². The maximum Gasteiger partial charge on any atom is 0.422 e. The van der Waals surface area contributed by atoms with Gasteiger partial charge in [-0.25, -0.2) is 4.98 Å². The second kappa shape index (κ2) is 9.45. The molecule has 0 bridgehead atoms. The molecule has 0 unspecified atom stereocenters. The number of carbonyl (C=O) groups is 2. The van der Waals surface area contributed by atoms with Crippen molar-refractivity contribution in [1.82, 2.24) is 15.3 Å². The summed E-state index contributed by atoms with van der Waals surface area (Å²) in [5.74, 6) is -0.121. The summed E-state index contributed by atoms with van der Waals surface area (Å²) >= 11 is 0. The molecule has 0 aliphatic heterocycles. The Kier molecular flexibility index (Phi) is 6.92. The average Bonchev–Trinajstić information content (AvgIpc) is 3.55. The number of amides is 1. The third kappa shape index (κ3) is 6.77. The summed E-state index contributed by atoms with van der Waals surface area (Å²) in [5, 5.41) is 2.77. The predicted octanol–water partition coefficient (Wildman–Crippen LogP) is 3.74. The maximum atomic E-state index is 12.6. The Bertz CT molecular complexity index is 972. The number of ketones is 1. The minimum absolute atomic E-state index is 0.0652. The van der Waals surface area contributed by atoms with Crippen LogP contribution < -0.4 is 10.1 Å². The van der Waals surface area contributed by atoms with E-state index >= 15 is 0 Å². The van der Waals surface area contributed by atoms with Gasteiger partial charge in [0.25, 0.3) is 5.91 Å². The van der Waals surface area contributed by atoms with Crippen LogP contribution in [0.25, 0.3) is 0 Å². The van der Waals surface area contributed by atoms with Crippen molar-refractivity contribution >= 4 is 11.7 Å². The van der Waals surface area contributed by atoms with Gasteiger partial charge < -0.3 is 10.1 Å². The molecule has 1 fully saturated rings. The molecule has 2 heterocycles. The van der Waals surface area contributed by atoms with Crippen molar-refractivity contribution in [1.29, 1.82) is 0 Å². The minimum atomic E-state index is -4.44. The zero-order valence-corrected chi connectivity index (χ0v) is 17.4. The summed E-state index contributed by atoms with van der Waals surface area (Å²) in [5.41, 5.74) is 2.78. The fourth-order valence-corrected chi connectivity index (χ4v) is 3.15. The third-order valence-electron chi connectivity index (χ3n) is 4.85. The quantitative estimate of drug-likeness (QED) is 0.649. The van der Waals surface area contributed by atoms with Crippen LogP contribution in [0.15, 0.2) is 24.4 Å². The molecule has 1 N–H and O–H groups in total. The second-order valence-corrected chi connectivity index (χ2v) is 7.65. The number of alkyl halides is 3. The van der Waals surface area contributed by atoms with E-state index in [2.05, 4.69) is 15.3 Å². The highest BCUT2D eigenvalue weighted by molar-refractivity contribution is 5.94. The summed E-state index contributed by atoms with van der Waals surface area (Å²) in [4.78, 5) is 33.0. The lowest BCUT2D eigenvalue weighted by Crippen LogP contribution is -2.24. The van der Waals surface area contributed by atoms with Gasteiger partial charge in [0.1, 0.15) is 5.78 Å². The van der Waals surface area contributed by atoms with Crippen molar-refractivity contribution in [3.63, 3.8) is 0 Å². The first-order valence-electron chi connectivity index (χ1n) is 10.1. The Morgan fingerprint density at radius 1 is 1.23 bits per heavy atom. The van der Waals surface area contributed by atoms with Gasteiger partial charge in [0, 0.05) is 47.6 Å². The van der Waals surface area contributed by atoms with E-state index in [0.717, 1.165) is 12.8 Å². The van der Waals surface area contributed by atoms with E-state index in [1.165, 1.54) is 6.20 Å². The first kappa shape index (κ1) is 22.7. The van der Waals surface area contributed by atoms with Gasteiger partial charge in [-0.15, -0.1) is 0 Å². The zero-order valence-electron chi connectivity index (χ0n) is 17.4. The van der Waals surface area contributed by atoms with E-state index in [0.29, 0.717) is 34.5 Å². The molecule has 1 saturated carbocycles. The lowest BCUT2D eigenvalue weighted by atomic mass is 10.1. The highest BCUT2D eigenvalue weighted by Crippen LogP contribution is 2.30. The number of Topliss-reactive ketones (excluding diaryl/α,β-unsaturated/α-hetero) is 1. The summed E-state index contributed by atoms with van der Waals surface area (Å²) < 4.78 is 41.9. The Hall–Kier alpha value is -2.97. The number of hydrogen-bond donors (Lipinski definition) is 1. The van der Waals surface area contributed by atoms with Gasteiger partial charge in [-0.1, -0.05) is 6.92 Å². The van der Waals surface area contributed by atoms with Crippen LogP contribution in [-0.2, 0) is 24.2 Å². The van der Waals surface area contributed by atoms with Crippen LogP contribution in [0.5, 0.6) is 5.88 Å². The van der Waals surface area contributed by atoms with Gasteiger partial charge in [0.05, 0.1) is 0 Å². The molecular formula is C22H24F3N3O3. The highest BCUT2D eigenvalue weighted by atomic mass is 19.4. The SMILES string of the molecule is CCc1cc(CNC(=O)c2cc(C)nc(CC(=O)C3CC3)c2)cnc1OCC(F)(F)F. The number of hydrogen-bond acceptors (Lipinski definition) is 5. The zero-order chi connectivity index (χ0) is 22.6. The van der Waals surface area contributed by atoms with E-state index in [-0.39, 0.29) is 36.5 Å². The van der Waals surface area contributed by atoms with Gasteiger partial charge in [0.2, 0.25) is 5.88 Å². The molecule has 166 valence electrons. The van der Waals surface area contributed by atoms with Crippen molar-refractivity contribution in [3.8, 4) is 5.88 Å². The summed E-state index contributed by atoms with van der Waals surface area (Å²) in [6, 6.07) is 4.92. The summed E-state index contributed by atoms with van der Waals surface area (Å²) in [7, 11) is 0. The number of nitrogens with one attached hydrogen (secondary N) is 1. The molecule has 0 atom stereocenters. The molecule has 3 rings (SSSR count). The monoisotopic (exact) mass is 435 g/mol. The minimum Gasteiger partial charge on any atom is -0.468 e. The van der Waals surface area contributed by atoms with Crippen molar-refractivity contribution in [2.75, 3.05) is 6.61 Å². The van der Waals surface area contributed by atoms with Gasteiger partial charge in [0.15, 0.2) is 6.61 Å². The van der Waals surface area contributed by atoms with E-state index in [1.54, 1.807) is 32.0 Å². The number of pyridine rings is 2. The van der Waals surface area contributed by atoms with Crippen molar-refractivity contribution < 1.29 is 27.5 Å². The van der Waals surface area contributed by atoms with Crippen molar-refractivity contribution in [2.24, 2.45) is 5.92 Å². The molecule has 9 heteroatoms. The number of rotatable bonds is 9. The Balaban J connectivity index is 1.63. The number of ether oxygens (including phenoxy) is 1. The first-order chi connectivity index (χ1) is 14.6. The molecule has 1 aliphatic rings. The topological polar surface area (TPSA) is 81.2 Å². The number of aromatic nitrogens is 2. The Labute approximate surface area is 178 Å². The molecule has 6 nitrogen and oxygen atoms in total. The number of aryl methyl sites for hydroxylation is 2. The van der Waals surface area contributed by atoms with Crippen LogP contribution in [0.2, 0.25) is 0 Å². The lowest BCUT2D eigenvalue weighted by Gasteiger charge is -2.13. The molecule has 2 aromatic heterocycles. The molecule has 0 saturated heterocycles. The average molecular weight is 435 g/mol. The van der Waals surface area contributed by atoms with Crippen LogP contribution in [-0.4, -0.2) is 34.4 Å². The fraction of sp³-hybridized carbons (Fsp3) is 0.455. The van der Waals surface area contributed by atoms with Gasteiger partial charge in [-0.05, 0) is 49.9 Å². The van der Waals surface area contributed by atoms with E-state index in [9.17, 15) is 22.8 Å². The first-order valence-corrected chi connectivity index (χ1v) is 10.1. The number of carbonyl (C=O) groups excluding carboxylic acids is 2. The molecule has 1 aliphatic carbocycles. The van der Waals surface area contributed by atoms with Crippen molar-refractivity contribution in [3.05, 3.63) is 52.5 Å². The number of halogens is 3. The molecule has 31 heavy (non-hydrogen) atoms. The largest absolute Gasteiger partial charge is 0.468 e. The standard InChI is InChI=1S/C22H24F3N3O3/c1-3-15-7-14(11-27-21(15)31-12-22(23,24)25)10-26-20(30)17-6-13(2)28-18(8-17)9-19(29)16-4-5-16/h6-8,11,16H,3-5,9-10,12H2,1-2H3,(H,26,30). The van der Waals surface area contributed by atoms with Gasteiger partial charge in [-0.2, -0.15) is 13.2 Å². The molecule has 1 amide bonds. The normalized spacial score (nSPS) is 13.7. The van der Waals surface area contributed by atoms with E-state index < -0.39 is 12.8 Å².